The molecule has 8 rings (SSSR count). The first-order valence-corrected chi connectivity index (χ1v) is 22.3. The molecule has 0 radical (unpaired) electrons. The molecular weight excluding hydrogens is 825 g/mol. The number of anilines is 1. The highest BCUT2D eigenvalue weighted by atomic mass is 16.6. The zero-order valence-electron chi connectivity index (χ0n) is 37.0. The lowest BCUT2D eigenvalue weighted by molar-refractivity contribution is -0.159. The third kappa shape index (κ3) is 10.4. The van der Waals surface area contributed by atoms with E-state index >= 15 is 0 Å². The average molecular weight is 881 g/mol. The van der Waals surface area contributed by atoms with Gasteiger partial charge in [-0.05, 0) is 100 Å². The van der Waals surface area contributed by atoms with Gasteiger partial charge in [-0.2, -0.15) is 5.10 Å². The van der Waals surface area contributed by atoms with E-state index in [1.54, 1.807) is 43.0 Å². The van der Waals surface area contributed by atoms with Gasteiger partial charge < -0.3 is 40.0 Å². The zero-order chi connectivity index (χ0) is 45.6. The van der Waals surface area contributed by atoms with E-state index in [1.165, 1.54) is 0 Å². The minimum absolute atomic E-state index is 0.153. The predicted octanol–water partition coefficient (Wildman–Crippen LogP) is 7.73. The number of ether oxygens (including phenoxy) is 2. The molecule has 65 heavy (non-hydrogen) atoms. The molecule has 0 aliphatic carbocycles. The second-order valence-electron chi connectivity index (χ2n) is 17.1. The number of aromatic nitrogens is 3. The van der Waals surface area contributed by atoms with Crippen molar-refractivity contribution in [2.45, 2.75) is 96.2 Å². The molecule has 2 aliphatic heterocycles. The maximum Gasteiger partial charge on any atom is 0.408 e. The van der Waals surface area contributed by atoms with E-state index in [9.17, 15) is 24.3 Å². The van der Waals surface area contributed by atoms with Gasteiger partial charge in [-0.1, -0.05) is 84.9 Å². The minimum Gasteiger partial charge on any atom is -0.447 e. The van der Waals surface area contributed by atoms with Crippen LogP contribution in [0.5, 0.6) is 0 Å². The van der Waals surface area contributed by atoms with Crippen LogP contribution in [0.3, 0.4) is 0 Å². The maximum absolute atomic E-state index is 14.1. The van der Waals surface area contributed by atoms with Gasteiger partial charge >= 0.3 is 6.09 Å². The highest BCUT2D eigenvalue weighted by Crippen LogP contribution is 2.36. The van der Waals surface area contributed by atoms with Crippen LogP contribution in [0.25, 0.3) is 33.4 Å². The van der Waals surface area contributed by atoms with Crippen LogP contribution in [0, 0.1) is 0 Å². The predicted molar refractivity (Wildman–Crippen MR) is 247 cm³/mol. The van der Waals surface area contributed by atoms with Crippen LogP contribution in [0.4, 0.5) is 10.5 Å². The fourth-order valence-corrected chi connectivity index (χ4v) is 8.75. The molecule has 15 nitrogen and oxygen atoms in total. The molecule has 4 aromatic carbocycles. The molecule has 2 aromatic heterocycles. The molecule has 0 spiro atoms. The van der Waals surface area contributed by atoms with E-state index in [2.05, 4.69) is 31.1 Å². The third-order valence-electron chi connectivity index (χ3n) is 11.8. The maximum atomic E-state index is 14.1. The summed E-state index contributed by atoms with van der Waals surface area (Å²) in [4.78, 5) is 61.4. The summed E-state index contributed by atoms with van der Waals surface area (Å²) in [5.74, 6) is -0.825. The van der Waals surface area contributed by atoms with Gasteiger partial charge in [0.1, 0.15) is 18.1 Å². The number of H-pyrrole nitrogens is 2. The molecular formula is C50H56N8O7. The number of carbonyl (C=O) groups excluding carboxylic acids is 4. The second kappa shape index (κ2) is 19.9. The Morgan fingerprint density at radius 3 is 2.08 bits per heavy atom. The molecule has 0 saturated carbocycles. The smallest absolute Gasteiger partial charge is 0.408 e. The highest BCUT2D eigenvalue weighted by Gasteiger charge is 2.39. The quantitative estimate of drug-likeness (QED) is 0.0560. The van der Waals surface area contributed by atoms with Crippen molar-refractivity contribution in [2.24, 2.45) is 0 Å². The lowest BCUT2D eigenvalue weighted by Crippen LogP contribution is -2.48. The number of hydrogen-bond acceptors (Lipinski definition) is 9. The summed E-state index contributed by atoms with van der Waals surface area (Å²) in [7, 11) is 0. The summed E-state index contributed by atoms with van der Waals surface area (Å²) in [5, 5.41) is 28.1. The number of fused-ring (bicyclic) bond motifs is 1. The number of likely N-dealkylation sites (tertiary alicyclic amines) is 2. The van der Waals surface area contributed by atoms with Crippen molar-refractivity contribution in [1.29, 1.82) is 0 Å². The van der Waals surface area contributed by atoms with Gasteiger partial charge in [0.15, 0.2) is 0 Å². The van der Waals surface area contributed by atoms with Gasteiger partial charge in [-0.25, -0.2) is 4.79 Å². The Morgan fingerprint density at radius 2 is 1.38 bits per heavy atom. The molecule has 15 heteroatoms. The molecule has 0 bridgehead atoms. The van der Waals surface area contributed by atoms with Crippen molar-refractivity contribution in [3.63, 3.8) is 0 Å². The van der Waals surface area contributed by atoms with Crippen LogP contribution in [-0.4, -0.2) is 91.7 Å². The Kier molecular flexibility index (Phi) is 13.7. The van der Waals surface area contributed by atoms with Crippen molar-refractivity contribution in [3.8, 4) is 22.5 Å². The third-order valence-corrected chi connectivity index (χ3v) is 11.8. The molecule has 5 atom stereocenters. The van der Waals surface area contributed by atoms with Gasteiger partial charge in [-0.15, -0.1) is 0 Å². The van der Waals surface area contributed by atoms with Crippen LogP contribution in [0.2, 0.25) is 0 Å². The Labute approximate surface area is 377 Å². The lowest BCUT2D eigenvalue weighted by atomic mass is 10.0. The van der Waals surface area contributed by atoms with Gasteiger partial charge in [0.25, 0.3) is 5.91 Å². The Hall–Kier alpha value is -6.81. The summed E-state index contributed by atoms with van der Waals surface area (Å²) in [6.07, 6.45) is 0.129. The van der Waals surface area contributed by atoms with Crippen molar-refractivity contribution < 1.29 is 33.8 Å². The molecule has 4 heterocycles. The largest absolute Gasteiger partial charge is 0.447 e. The number of rotatable bonds is 15. The number of benzene rings is 4. The average Bonchev–Trinajstić information content (AvgIpc) is 4.14. The first-order valence-electron chi connectivity index (χ1n) is 22.3. The summed E-state index contributed by atoms with van der Waals surface area (Å²) in [6, 6.07) is 33.3. The molecule has 2 fully saturated rings. The number of aliphatic hydroxyl groups is 1. The number of nitrogens with zero attached hydrogens (tertiary/aromatic N) is 3. The SMILES string of the molecule is CC(C)OC(=O)N[C@@H](C(=O)N1CCC[C@H]1C(=O)Nc1ccc2[nH]c(-c3ccc(-c4cc([C@@H]5CCCN5C(=O)[C@H](NC(O)OC(C)C)c5ccccc5)[nH]n4)cc3)cc2c1)c1ccccc1. The van der Waals surface area contributed by atoms with E-state index in [0.29, 0.717) is 37.2 Å². The van der Waals surface area contributed by atoms with Gasteiger partial charge in [0, 0.05) is 40.9 Å². The van der Waals surface area contributed by atoms with Gasteiger partial charge in [0.05, 0.1) is 29.6 Å². The van der Waals surface area contributed by atoms with Crippen LogP contribution in [0.1, 0.15) is 88.3 Å². The summed E-state index contributed by atoms with van der Waals surface area (Å²) >= 11 is 0. The van der Waals surface area contributed by atoms with E-state index in [-0.39, 0.29) is 36.0 Å². The topological polar surface area (TPSA) is 194 Å². The number of nitrogens with one attached hydrogen (secondary N) is 5. The summed E-state index contributed by atoms with van der Waals surface area (Å²) in [5.41, 5.74) is 7.18. The fourth-order valence-electron chi connectivity index (χ4n) is 8.75. The molecule has 2 saturated heterocycles. The first-order chi connectivity index (χ1) is 31.4. The number of carbonyl (C=O) groups is 4. The molecule has 338 valence electrons. The number of alkyl carbamates (subject to hydrolysis) is 1. The van der Waals surface area contributed by atoms with E-state index in [0.717, 1.165) is 57.5 Å². The molecule has 4 amide bonds. The fraction of sp³-hybridized carbons (Fsp3) is 0.340. The summed E-state index contributed by atoms with van der Waals surface area (Å²) in [6.45, 7) is 8.08. The number of aromatic amines is 2. The number of amides is 4. The van der Waals surface area contributed by atoms with Gasteiger partial charge in [-0.3, -0.25) is 24.8 Å². The van der Waals surface area contributed by atoms with Crippen molar-refractivity contribution in [2.75, 3.05) is 18.4 Å². The van der Waals surface area contributed by atoms with Crippen molar-refractivity contribution >= 4 is 40.4 Å². The van der Waals surface area contributed by atoms with E-state index < -0.39 is 30.6 Å². The standard InChI is InChI=1S/C50H56N8O7/c1-30(2)64-49(62)53-44(34-13-7-5-8-14-34)47(60)57-25-11-17-42(57)41-29-40(55-56-41)33-21-19-32(20-22-33)39-28-36-27-37(23-24-38(36)52-39)51-46(59)43-18-12-26-58(43)48(61)45(35-15-9-6-10-16-35)54-50(63)65-31(3)4/h5-10,13-16,19-24,27-31,42-45,49,52-53,62H,11-12,17-18,25-26H2,1-4H3,(H,51,59)(H,54,63)(H,55,56)/t42-,43-,44+,45+,49?/m0/s1. The van der Waals surface area contributed by atoms with Crippen LogP contribution >= 0.6 is 0 Å². The van der Waals surface area contributed by atoms with E-state index in [1.807, 2.05) is 110 Å². The highest BCUT2D eigenvalue weighted by molar-refractivity contribution is 6.00. The number of aliphatic hydroxyl groups excluding tert-OH is 1. The molecule has 2 aliphatic rings. The number of hydrogen-bond donors (Lipinski definition) is 6. The van der Waals surface area contributed by atoms with Crippen molar-refractivity contribution in [3.05, 3.63) is 132 Å². The molecule has 6 aromatic rings. The van der Waals surface area contributed by atoms with Crippen LogP contribution in [0.15, 0.2) is 115 Å². The zero-order valence-corrected chi connectivity index (χ0v) is 37.0. The lowest BCUT2D eigenvalue weighted by Gasteiger charge is -2.30. The van der Waals surface area contributed by atoms with Crippen molar-refractivity contribution in [1.82, 2.24) is 35.6 Å². The monoisotopic (exact) mass is 880 g/mol. The van der Waals surface area contributed by atoms with Crippen LogP contribution in [-0.2, 0) is 23.9 Å². The summed E-state index contributed by atoms with van der Waals surface area (Å²) < 4.78 is 10.8. The van der Waals surface area contributed by atoms with Crippen LogP contribution < -0.4 is 16.0 Å². The molecule has 6 N–H and O–H groups in total. The van der Waals surface area contributed by atoms with E-state index in [4.69, 9.17) is 9.47 Å². The molecule has 1 unspecified atom stereocenters. The van der Waals surface area contributed by atoms with Gasteiger partial charge in [0.2, 0.25) is 18.2 Å². The Balaban J connectivity index is 0.925. The first kappa shape index (κ1) is 44.8. The minimum atomic E-state index is -1.32. The second-order valence-corrected chi connectivity index (χ2v) is 17.1. The Bertz CT molecular complexity index is 2590. The Morgan fingerprint density at radius 1 is 0.738 bits per heavy atom. The normalized spacial score (nSPS) is 17.6.